The third-order valence-corrected chi connectivity index (χ3v) is 4.42. The van der Waals surface area contributed by atoms with Crippen molar-refractivity contribution in [3.8, 4) is 0 Å². The topological polar surface area (TPSA) is 66.9 Å². The lowest BCUT2D eigenvalue weighted by Gasteiger charge is -2.09. The fraction of sp³-hybridized carbons (Fsp3) is 0.150. The van der Waals surface area contributed by atoms with Crippen molar-refractivity contribution in [2.24, 2.45) is 0 Å². The monoisotopic (exact) mass is 366 g/mol. The molecule has 5 nitrogen and oxygen atoms in total. The Hall–Kier alpha value is -2.92. The van der Waals surface area contributed by atoms with E-state index in [0.717, 1.165) is 16.8 Å². The van der Waals surface area contributed by atoms with Crippen LogP contribution in [0.2, 0.25) is 5.02 Å². The molecule has 0 aliphatic rings. The van der Waals surface area contributed by atoms with Crippen molar-refractivity contribution in [2.75, 3.05) is 10.6 Å². The SMILES string of the molecule is Cc1ccc(NC(=O)c2ccnc(NCc3ccccc3Cl)n2)cc1C. The van der Waals surface area contributed by atoms with Crippen molar-refractivity contribution in [3.63, 3.8) is 0 Å². The number of rotatable bonds is 5. The number of hydrogen-bond donors (Lipinski definition) is 2. The number of aromatic nitrogens is 2. The van der Waals surface area contributed by atoms with Crippen molar-refractivity contribution < 1.29 is 4.79 Å². The predicted octanol–water partition coefficient (Wildman–Crippen LogP) is 4.61. The molecule has 1 heterocycles. The van der Waals surface area contributed by atoms with Crippen molar-refractivity contribution in [1.29, 1.82) is 0 Å². The fourth-order valence-corrected chi connectivity index (χ4v) is 2.60. The molecular weight excluding hydrogens is 348 g/mol. The Morgan fingerprint density at radius 1 is 1.08 bits per heavy atom. The summed E-state index contributed by atoms with van der Waals surface area (Å²) >= 11 is 6.14. The highest BCUT2D eigenvalue weighted by Gasteiger charge is 2.10. The lowest BCUT2D eigenvalue weighted by atomic mass is 10.1. The molecule has 132 valence electrons. The summed E-state index contributed by atoms with van der Waals surface area (Å²) < 4.78 is 0. The molecule has 0 saturated heterocycles. The first-order valence-corrected chi connectivity index (χ1v) is 8.59. The van der Waals surface area contributed by atoms with E-state index in [1.165, 1.54) is 5.56 Å². The van der Waals surface area contributed by atoms with E-state index in [2.05, 4.69) is 20.6 Å². The highest BCUT2D eigenvalue weighted by atomic mass is 35.5. The van der Waals surface area contributed by atoms with Crippen molar-refractivity contribution in [3.05, 3.63) is 82.1 Å². The summed E-state index contributed by atoms with van der Waals surface area (Å²) in [5, 5.41) is 6.62. The zero-order valence-corrected chi connectivity index (χ0v) is 15.3. The molecule has 0 unspecified atom stereocenters. The summed E-state index contributed by atoms with van der Waals surface area (Å²) in [4.78, 5) is 20.9. The van der Waals surface area contributed by atoms with Crippen molar-refractivity contribution in [2.45, 2.75) is 20.4 Å². The highest BCUT2D eigenvalue weighted by Crippen LogP contribution is 2.17. The van der Waals surface area contributed by atoms with E-state index in [1.807, 2.05) is 56.3 Å². The third kappa shape index (κ3) is 4.37. The maximum atomic E-state index is 12.4. The Labute approximate surface area is 157 Å². The molecule has 0 aliphatic carbocycles. The third-order valence-electron chi connectivity index (χ3n) is 4.05. The summed E-state index contributed by atoms with van der Waals surface area (Å²) in [7, 11) is 0. The molecule has 0 atom stereocenters. The largest absolute Gasteiger partial charge is 0.350 e. The molecule has 1 amide bonds. The van der Waals surface area contributed by atoms with Crippen LogP contribution in [0.25, 0.3) is 0 Å². The van der Waals surface area contributed by atoms with Gasteiger partial charge in [0.05, 0.1) is 0 Å². The number of anilines is 2. The van der Waals surface area contributed by atoms with Gasteiger partial charge in [-0.3, -0.25) is 4.79 Å². The second-order valence-electron chi connectivity index (χ2n) is 5.96. The van der Waals surface area contributed by atoms with E-state index in [0.29, 0.717) is 23.2 Å². The van der Waals surface area contributed by atoms with Crippen LogP contribution >= 0.6 is 11.6 Å². The molecule has 2 aromatic carbocycles. The fourth-order valence-electron chi connectivity index (χ4n) is 2.40. The number of hydrogen-bond acceptors (Lipinski definition) is 4. The summed E-state index contributed by atoms with van der Waals surface area (Å²) in [5.74, 6) is 0.0918. The molecule has 1 aromatic heterocycles. The van der Waals surface area contributed by atoms with Gasteiger partial charge in [0.15, 0.2) is 0 Å². The zero-order chi connectivity index (χ0) is 18.5. The average molecular weight is 367 g/mol. The zero-order valence-electron chi connectivity index (χ0n) is 14.6. The molecule has 0 spiro atoms. The molecular formula is C20H19ClN4O. The molecule has 0 fully saturated rings. The van der Waals surface area contributed by atoms with Gasteiger partial charge in [-0.05, 0) is 54.8 Å². The van der Waals surface area contributed by atoms with Crippen LogP contribution in [0, 0.1) is 13.8 Å². The number of amides is 1. The Balaban J connectivity index is 1.69. The Morgan fingerprint density at radius 3 is 2.65 bits per heavy atom. The Kier molecular flexibility index (Phi) is 5.49. The number of aryl methyl sites for hydroxylation is 2. The maximum Gasteiger partial charge on any atom is 0.274 e. The first-order chi connectivity index (χ1) is 12.5. The minimum atomic E-state index is -0.281. The van der Waals surface area contributed by atoms with Gasteiger partial charge in [0.25, 0.3) is 5.91 Å². The highest BCUT2D eigenvalue weighted by molar-refractivity contribution is 6.31. The molecule has 3 aromatic rings. The molecule has 6 heteroatoms. The van der Waals surface area contributed by atoms with Gasteiger partial charge in [-0.1, -0.05) is 35.9 Å². The second-order valence-corrected chi connectivity index (χ2v) is 6.37. The van der Waals surface area contributed by atoms with E-state index in [4.69, 9.17) is 11.6 Å². The molecule has 0 bridgehead atoms. The van der Waals surface area contributed by atoms with E-state index in [1.54, 1.807) is 12.3 Å². The predicted molar refractivity (Wildman–Crippen MR) is 105 cm³/mol. The number of nitrogens with zero attached hydrogens (tertiary/aromatic N) is 2. The molecule has 2 N–H and O–H groups in total. The minimum absolute atomic E-state index is 0.281. The smallest absolute Gasteiger partial charge is 0.274 e. The van der Waals surface area contributed by atoms with Crippen molar-refractivity contribution >= 4 is 29.1 Å². The van der Waals surface area contributed by atoms with Gasteiger partial charge in [0.1, 0.15) is 5.69 Å². The minimum Gasteiger partial charge on any atom is -0.350 e. The first-order valence-electron chi connectivity index (χ1n) is 8.22. The summed E-state index contributed by atoms with van der Waals surface area (Å²) in [5.41, 5.74) is 4.26. The van der Waals surface area contributed by atoms with Gasteiger partial charge < -0.3 is 10.6 Å². The number of carbonyl (C=O) groups excluding carboxylic acids is 1. The summed E-state index contributed by atoms with van der Waals surface area (Å²) in [6.45, 7) is 4.51. The molecule has 26 heavy (non-hydrogen) atoms. The number of carbonyl (C=O) groups is 1. The van der Waals surface area contributed by atoms with E-state index < -0.39 is 0 Å². The first kappa shape index (κ1) is 17.9. The van der Waals surface area contributed by atoms with Crippen LogP contribution in [0.5, 0.6) is 0 Å². The van der Waals surface area contributed by atoms with Crippen LogP contribution in [0.15, 0.2) is 54.7 Å². The summed E-state index contributed by atoms with van der Waals surface area (Å²) in [6, 6.07) is 14.9. The van der Waals surface area contributed by atoms with Crippen LogP contribution < -0.4 is 10.6 Å². The molecule has 0 saturated carbocycles. The Bertz CT molecular complexity index is 943. The van der Waals surface area contributed by atoms with Crippen LogP contribution in [-0.4, -0.2) is 15.9 Å². The number of halogens is 1. The molecule has 3 rings (SSSR count). The number of nitrogens with one attached hydrogen (secondary N) is 2. The second kappa shape index (κ2) is 7.97. The van der Waals surface area contributed by atoms with Gasteiger partial charge in [0, 0.05) is 23.5 Å². The maximum absolute atomic E-state index is 12.4. The lowest BCUT2D eigenvalue weighted by molar-refractivity contribution is 0.102. The van der Waals surface area contributed by atoms with Crippen LogP contribution in [0.4, 0.5) is 11.6 Å². The van der Waals surface area contributed by atoms with Crippen LogP contribution in [-0.2, 0) is 6.54 Å². The van der Waals surface area contributed by atoms with E-state index >= 15 is 0 Å². The average Bonchev–Trinajstić information content (AvgIpc) is 2.64. The van der Waals surface area contributed by atoms with Gasteiger partial charge in [-0.2, -0.15) is 0 Å². The molecule has 0 radical (unpaired) electrons. The summed E-state index contributed by atoms with van der Waals surface area (Å²) in [6.07, 6.45) is 1.55. The van der Waals surface area contributed by atoms with Gasteiger partial charge in [0.2, 0.25) is 5.95 Å². The van der Waals surface area contributed by atoms with Crippen molar-refractivity contribution in [1.82, 2.24) is 9.97 Å². The van der Waals surface area contributed by atoms with E-state index in [-0.39, 0.29) is 5.91 Å². The normalized spacial score (nSPS) is 10.4. The van der Waals surface area contributed by atoms with Gasteiger partial charge in [-0.25, -0.2) is 9.97 Å². The quantitative estimate of drug-likeness (QED) is 0.691. The standard InChI is InChI=1S/C20H19ClN4O/c1-13-7-8-16(11-14(13)2)24-19(26)18-9-10-22-20(25-18)23-12-15-5-3-4-6-17(15)21/h3-11H,12H2,1-2H3,(H,24,26)(H,22,23,25). The lowest BCUT2D eigenvalue weighted by Crippen LogP contribution is -2.15. The van der Waals surface area contributed by atoms with Gasteiger partial charge >= 0.3 is 0 Å². The Morgan fingerprint density at radius 2 is 1.88 bits per heavy atom. The van der Waals surface area contributed by atoms with Gasteiger partial charge in [-0.15, -0.1) is 0 Å². The molecule has 0 aliphatic heterocycles. The number of benzene rings is 2. The van der Waals surface area contributed by atoms with E-state index in [9.17, 15) is 4.79 Å². The van der Waals surface area contributed by atoms with Crippen LogP contribution in [0.3, 0.4) is 0 Å². The van der Waals surface area contributed by atoms with Crippen LogP contribution in [0.1, 0.15) is 27.2 Å².